The third kappa shape index (κ3) is 3.57. The third-order valence-corrected chi connectivity index (χ3v) is 5.42. The largest absolute Gasteiger partial charge is 0.366 e. The van der Waals surface area contributed by atoms with Crippen molar-refractivity contribution in [3.63, 3.8) is 0 Å². The van der Waals surface area contributed by atoms with E-state index >= 15 is 0 Å². The van der Waals surface area contributed by atoms with Gasteiger partial charge in [-0.15, -0.1) is 0 Å². The zero-order valence-electron chi connectivity index (χ0n) is 15.7. The number of benzene rings is 2. The summed E-state index contributed by atoms with van der Waals surface area (Å²) >= 11 is 0. The zero-order chi connectivity index (χ0) is 19.5. The van der Waals surface area contributed by atoms with E-state index in [0.29, 0.717) is 29.8 Å². The van der Waals surface area contributed by atoms with E-state index in [2.05, 4.69) is 0 Å². The molecular formula is C23H23FN2O2. The van der Waals surface area contributed by atoms with Gasteiger partial charge in [-0.1, -0.05) is 42.5 Å². The van der Waals surface area contributed by atoms with Crippen LogP contribution in [-0.4, -0.2) is 41.2 Å². The molecule has 2 amide bonds. The summed E-state index contributed by atoms with van der Waals surface area (Å²) < 4.78 is 13.4. The van der Waals surface area contributed by atoms with E-state index in [9.17, 15) is 14.0 Å². The van der Waals surface area contributed by atoms with Crippen LogP contribution in [-0.2, 0) is 16.0 Å². The molecule has 0 radical (unpaired) electrons. The van der Waals surface area contributed by atoms with Crippen LogP contribution in [0.3, 0.4) is 0 Å². The fraction of sp³-hybridized carbons (Fsp3) is 0.304. The second-order valence-electron chi connectivity index (χ2n) is 7.28. The summed E-state index contributed by atoms with van der Waals surface area (Å²) in [7, 11) is 0. The van der Waals surface area contributed by atoms with Crippen LogP contribution in [0.5, 0.6) is 0 Å². The first-order valence-electron chi connectivity index (χ1n) is 9.80. The Morgan fingerprint density at radius 2 is 1.50 bits per heavy atom. The lowest BCUT2D eigenvalue weighted by atomic mass is 10.0. The highest BCUT2D eigenvalue weighted by Crippen LogP contribution is 2.33. The molecular weight excluding hydrogens is 355 g/mol. The number of halogens is 1. The lowest BCUT2D eigenvalue weighted by Crippen LogP contribution is -2.38. The van der Waals surface area contributed by atoms with Crippen molar-refractivity contribution in [2.45, 2.75) is 25.7 Å². The molecule has 0 bridgehead atoms. The van der Waals surface area contributed by atoms with E-state index in [-0.39, 0.29) is 17.6 Å². The molecule has 0 spiro atoms. The van der Waals surface area contributed by atoms with E-state index in [0.717, 1.165) is 37.9 Å². The topological polar surface area (TPSA) is 40.6 Å². The molecule has 0 aliphatic carbocycles. The van der Waals surface area contributed by atoms with Gasteiger partial charge in [0.15, 0.2) is 0 Å². The summed E-state index contributed by atoms with van der Waals surface area (Å²) in [5.41, 5.74) is 2.56. The molecule has 5 heteroatoms. The summed E-state index contributed by atoms with van der Waals surface area (Å²) in [4.78, 5) is 29.8. The summed E-state index contributed by atoms with van der Waals surface area (Å²) in [6, 6.07) is 15.7. The standard InChI is InChI=1S/C23H23FN2O2/c24-19-11-9-18(10-12-19)20-21(25-14-5-2-6-15-25)23(28)26(22(20)27)16-13-17-7-3-1-4-8-17/h1,3-4,7-12H,2,5-6,13-16H2. The molecule has 1 fully saturated rings. The quantitative estimate of drug-likeness (QED) is 0.746. The number of rotatable bonds is 5. The molecule has 1 saturated heterocycles. The van der Waals surface area contributed by atoms with Gasteiger partial charge in [-0.05, 0) is 48.9 Å². The maximum Gasteiger partial charge on any atom is 0.277 e. The molecule has 144 valence electrons. The van der Waals surface area contributed by atoms with E-state index in [1.54, 1.807) is 12.1 Å². The number of piperidine rings is 1. The first kappa shape index (κ1) is 18.4. The van der Waals surface area contributed by atoms with E-state index < -0.39 is 0 Å². The lowest BCUT2D eigenvalue weighted by Gasteiger charge is -2.29. The molecule has 0 unspecified atom stereocenters. The predicted octanol–water partition coefficient (Wildman–Crippen LogP) is 3.63. The van der Waals surface area contributed by atoms with Crippen molar-refractivity contribution in [1.82, 2.24) is 9.80 Å². The number of imide groups is 1. The van der Waals surface area contributed by atoms with Crippen molar-refractivity contribution >= 4 is 17.4 Å². The summed E-state index contributed by atoms with van der Waals surface area (Å²) in [5, 5.41) is 0. The highest BCUT2D eigenvalue weighted by Gasteiger charge is 2.41. The summed E-state index contributed by atoms with van der Waals surface area (Å²) in [6.45, 7) is 1.88. The SMILES string of the molecule is O=C1C(c2ccc(F)cc2)=C(N2CCCCC2)C(=O)N1CCc1ccccc1. The number of hydrogen-bond acceptors (Lipinski definition) is 3. The molecule has 0 saturated carbocycles. The molecule has 4 rings (SSSR count). The van der Waals surface area contributed by atoms with Crippen molar-refractivity contribution in [3.05, 3.63) is 77.2 Å². The van der Waals surface area contributed by atoms with Gasteiger partial charge < -0.3 is 4.90 Å². The fourth-order valence-corrected chi connectivity index (χ4v) is 3.94. The first-order valence-corrected chi connectivity index (χ1v) is 9.80. The number of hydrogen-bond donors (Lipinski definition) is 0. The monoisotopic (exact) mass is 378 g/mol. The Hall–Kier alpha value is -2.95. The predicted molar refractivity (Wildman–Crippen MR) is 106 cm³/mol. The molecule has 0 atom stereocenters. The van der Waals surface area contributed by atoms with E-state index in [1.807, 2.05) is 35.2 Å². The number of carbonyl (C=O) groups excluding carboxylic acids is 2. The molecule has 2 aliphatic heterocycles. The Morgan fingerprint density at radius 1 is 0.821 bits per heavy atom. The van der Waals surface area contributed by atoms with Crippen LogP contribution in [0.2, 0.25) is 0 Å². The molecule has 2 aromatic rings. The van der Waals surface area contributed by atoms with Crippen molar-refractivity contribution in [2.24, 2.45) is 0 Å². The Kier molecular flexibility index (Phi) is 5.24. The fourth-order valence-electron chi connectivity index (χ4n) is 3.94. The normalized spacial score (nSPS) is 17.6. The minimum atomic E-state index is -0.360. The van der Waals surface area contributed by atoms with Crippen molar-refractivity contribution < 1.29 is 14.0 Å². The zero-order valence-corrected chi connectivity index (χ0v) is 15.7. The van der Waals surface area contributed by atoms with Gasteiger partial charge in [-0.3, -0.25) is 14.5 Å². The average Bonchev–Trinajstić information content (AvgIpc) is 2.98. The van der Waals surface area contributed by atoms with Crippen molar-refractivity contribution in [1.29, 1.82) is 0 Å². The first-order chi connectivity index (χ1) is 13.6. The number of carbonyl (C=O) groups is 2. The van der Waals surface area contributed by atoms with Crippen LogP contribution in [0.25, 0.3) is 5.57 Å². The Labute approximate surface area is 164 Å². The van der Waals surface area contributed by atoms with Crippen molar-refractivity contribution in [2.75, 3.05) is 19.6 Å². The van der Waals surface area contributed by atoms with Crippen LogP contribution < -0.4 is 0 Å². The van der Waals surface area contributed by atoms with Gasteiger partial charge in [0.1, 0.15) is 11.5 Å². The highest BCUT2D eigenvalue weighted by atomic mass is 19.1. The Bertz CT molecular complexity index is 900. The Balaban J connectivity index is 1.65. The van der Waals surface area contributed by atoms with Gasteiger partial charge in [-0.25, -0.2) is 4.39 Å². The third-order valence-electron chi connectivity index (χ3n) is 5.42. The van der Waals surface area contributed by atoms with Gasteiger partial charge in [0, 0.05) is 19.6 Å². The van der Waals surface area contributed by atoms with Gasteiger partial charge in [0.05, 0.1) is 5.57 Å². The maximum absolute atomic E-state index is 13.4. The second kappa shape index (κ2) is 7.97. The summed E-state index contributed by atoms with van der Waals surface area (Å²) in [5.74, 6) is -0.878. The minimum absolute atomic E-state index is 0.234. The minimum Gasteiger partial charge on any atom is -0.366 e. The van der Waals surface area contributed by atoms with Gasteiger partial charge in [0.25, 0.3) is 11.8 Å². The van der Waals surface area contributed by atoms with Crippen LogP contribution in [0.15, 0.2) is 60.3 Å². The number of nitrogens with zero attached hydrogens (tertiary/aromatic N) is 2. The van der Waals surface area contributed by atoms with Crippen molar-refractivity contribution in [3.8, 4) is 0 Å². The number of amides is 2. The number of likely N-dealkylation sites (tertiary alicyclic amines) is 1. The molecule has 0 aromatic heterocycles. The molecule has 28 heavy (non-hydrogen) atoms. The highest BCUT2D eigenvalue weighted by molar-refractivity contribution is 6.35. The van der Waals surface area contributed by atoms with E-state index in [1.165, 1.54) is 17.0 Å². The molecule has 2 aromatic carbocycles. The van der Waals surface area contributed by atoms with Crippen LogP contribution in [0.4, 0.5) is 4.39 Å². The lowest BCUT2D eigenvalue weighted by molar-refractivity contribution is -0.137. The van der Waals surface area contributed by atoms with Gasteiger partial charge in [0.2, 0.25) is 0 Å². The molecule has 2 heterocycles. The van der Waals surface area contributed by atoms with Crippen LogP contribution in [0.1, 0.15) is 30.4 Å². The van der Waals surface area contributed by atoms with Crippen LogP contribution in [0, 0.1) is 5.82 Å². The average molecular weight is 378 g/mol. The second-order valence-corrected chi connectivity index (χ2v) is 7.28. The van der Waals surface area contributed by atoms with Gasteiger partial charge in [-0.2, -0.15) is 0 Å². The summed E-state index contributed by atoms with van der Waals surface area (Å²) in [6.07, 6.45) is 3.76. The van der Waals surface area contributed by atoms with Gasteiger partial charge >= 0.3 is 0 Å². The smallest absolute Gasteiger partial charge is 0.277 e. The molecule has 2 aliphatic rings. The maximum atomic E-state index is 13.4. The van der Waals surface area contributed by atoms with Crippen LogP contribution >= 0.6 is 0 Å². The molecule has 4 nitrogen and oxygen atoms in total. The Morgan fingerprint density at radius 3 is 2.18 bits per heavy atom. The van der Waals surface area contributed by atoms with E-state index in [4.69, 9.17) is 0 Å². The molecule has 0 N–H and O–H groups in total.